The third-order valence-electron chi connectivity index (χ3n) is 0.354. The molecule has 0 fully saturated rings. The maximum Gasteiger partial charge on any atom is -1.00 e. The molecular formula is C3H7IZn. The van der Waals surface area contributed by atoms with Crippen molar-refractivity contribution in [2.45, 2.75) is 18.4 Å². The van der Waals surface area contributed by atoms with Crippen LogP contribution in [0.25, 0.3) is 0 Å². The average molecular weight is 235 g/mol. The molecule has 0 rings (SSSR count). The molecule has 5 heavy (non-hydrogen) atoms. The minimum atomic E-state index is 0. The fraction of sp³-hybridized carbons (Fsp3) is 1.00. The van der Waals surface area contributed by atoms with Crippen molar-refractivity contribution >= 4 is 0 Å². The van der Waals surface area contributed by atoms with E-state index in [9.17, 15) is 0 Å². The van der Waals surface area contributed by atoms with E-state index >= 15 is 0 Å². The second-order valence-corrected chi connectivity index (χ2v) is 2.34. The molecule has 0 saturated carbocycles. The van der Waals surface area contributed by atoms with Gasteiger partial charge < -0.3 is 24.0 Å². The number of rotatable bonds is 1. The molecule has 0 heterocycles. The van der Waals surface area contributed by atoms with E-state index in [0.717, 1.165) is 0 Å². The molecule has 0 aromatic rings. The first kappa shape index (κ1) is 9.61. The van der Waals surface area contributed by atoms with Crippen LogP contribution < -0.4 is 24.0 Å². The van der Waals surface area contributed by atoms with Gasteiger partial charge >= 0.3 is 36.7 Å². The molecule has 0 N–H and O–H groups in total. The minimum absolute atomic E-state index is 0. The standard InChI is InChI=1S/C3H7.HI.Zn/c1-3-2;;/h1,3H2,2H3;1H;/q;;+1/p-1. The summed E-state index contributed by atoms with van der Waals surface area (Å²) >= 11 is 1.47. The zero-order chi connectivity index (χ0) is 3.41. The Morgan fingerprint density at radius 3 is 1.80 bits per heavy atom. The number of halogens is 1. The van der Waals surface area contributed by atoms with E-state index in [1.807, 2.05) is 0 Å². The molecular weight excluding hydrogens is 228 g/mol. The Kier molecular flexibility index (Phi) is 17.3. The monoisotopic (exact) mass is 234 g/mol. The van der Waals surface area contributed by atoms with Crippen LogP contribution in [0.1, 0.15) is 13.3 Å². The van der Waals surface area contributed by atoms with Crippen LogP contribution >= 0.6 is 0 Å². The quantitative estimate of drug-likeness (QED) is 0.378. The Bertz CT molecular complexity index is 8.85. The molecule has 0 spiro atoms. The summed E-state index contributed by atoms with van der Waals surface area (Å²) in [4.78, 5) is 0. The topological polar surface area (TPSA) is 0 Å². The molecule has 0 aliphatic heterocycles. The normalized spacial score (nSPS) is 6.20. The van der Waals surface area contributed by atoms with Crippen molar-refractivity contribution in [2.75, 3.05) is 0 Å². The number of hydrogen-bond donors (Lipinski definition) is 0. The molecule has 2 heteroatoms. The van der Waals surface area contributed by atoms with Crippen LogP contribution in [0.5, 0.6) is 0 Å². The maximum absolute atomic E-state index is 2.21. The summed E-state index contributed by atoms with van der Waals surface area (Å²) in [5, 5.41) is 1.44. The molecule has 0 aliphatic carbocycles. The summed E-state index contributed by atoms with van der Waals surface area (Å²) in [5.74, 6) is 0. The van der Waals surface area contributed by atoms with E-state index in [4.69, 9.17) is 0 Å². The molecule has 0 aliphatic rings. The Labute approximate surface area is 60.4 Å². The van der Waals surface area contributed by atoms with Gasteiger partial charge in [-0.15, -0.1) is 0 Å². The van der Waals surface area contributed by atoms with Gasteiger partial charge in [0.2, 0.25) is 0 Å². The smallest absolute Gasteiger partial charge is 1.00 e. The molecule has 0 unspecified atom stereocenters. The van der Waals surface area contributed by atoms with Gasteiger partial charge in [0.15, 0.2) is 0 Å². The first-order valence-corrected chi connectivity index (χ1v) is 3.81. The van der Waals surface area contributed by atoms with E-state index < -0.39 is 0 Å². The molecule has 28 valence electrons. The van der Waals surface area contributed by atoms with Gasteiger partial charge in [-0.05, 0) is 0 Å². The third-order valence-corrected chi connectivity index (χ3v) is 1.84. The van der Waals surface area contributed by atoms with Gasteiger partial charge in [0.05, 0.1) is 0 Å². The first-order chi connectivity index (χ1) is 1.91. The van der Waals surface area contributed by atoms with E-state index in [-0.39, 0.29) is 24.0 Å². The van der Waals surface area contributed by atoms with Crippen molar-refractivity contribution in [2.24, 2.45) is 0 Å². The van der Waals surface area contributed by atoms with Crippen molar-refractivity contribution < 1.29 is 42.3 Å². The van der Waals surface area contributed by atoms with E-state index in [1.165, 1.54) is 29.7 Å². The Morgan fingerprint density at radius 1 is 1.60 bits per heavy atom. The maximum atomic E-state index is 2.21. The van der Waals surface area contributed by atoms with E-state index in [0.29, 0.717) is 0 Å². The van der Waals surface area contributed by atoms with Gasteiger partial charge in [-0.2, -0.15) is 0 Å². The SMILES string of the molecule is CC[CH2][Zn+].[I-]. The van der Waals surface area contributed by atoms with Crippen molar-refractivity contribution in [3.63, 3.8) is 0 Å². The Balaban J connectivity index is 0. The van der Waals surface area contributed by atoms with Gasteiger partial charge in [0.1, 0.15) is 0 Å². The zero-order valence-corrected chi connectivity index (χ0v) is 8.62. The van der Waals surface area contributed by atoms with Crippen LogP contribution in [0.3, 0.4) is 0 Å². The second-order valence-electron chi connectivity index (χ2n) is 0.854. The van der Waals surface area contributed by atoms with E-state index in [1.54, 1.807) is 0 Å². The molecule has 0 aromatic carbocycles. The third kappa shape index (κ3) is 10.9. The van der Waals surface area contributed by atoms with Crippen LogP contribution in [0.2, 0.25) is 5.02 Å². The first-order valence-electron chi connectivity index (χ1n) is 1.71. The summed E-state index contributed by atoms with van der Waals surface area (Å²) in [6, 6.07) is 0. The molecule has 0 aromatic heterocycles. The van der Waals surface area contributed by atoms with Crippen molar-refractivity contribution in [3.8, 4) is 0 Å². The fourth-order valence-electron chi connectivity index (χ4n) is 0. The summed E-state index contributed by atoms with van der Waals surface area (Å²) < 4.78 is 0. The summed E-state index contributed by atoms with van der Waals surface area (Å²) in [7, 11) is 0. The molecule has 0 saturated heterocycles. The molecule has 0 amide bonds. The van der Waals surface area contributed by atoms with Crippen LogP contribution in [-0.2, 0) is 18.3 Å². The predicted molar refractivity (Wildman–Crippen MR) is 15.1 cm³/mol. The Hall–Kier alpha value is 1.35. The van der Waals surface area contributed by atoms with Gasteiger partial charge in [0, 0.05) is 0 Å². The zero-order valence-electron chi connectivity index (χ0n) is 3.50. The van der Waals surface area contributed by atoms with Crippen LogP contribution in [0.4, 0.5) is 0 Å². The van der Waals surface area contributed by atoms with Crippen LogP contribution in [0, 0.1) is 0 Å². The van der Waals surface area contributed by atoms with Crippen LogP contribution in [0.15, 0.2) is 0 Å². The van der Waals surface area contributed by atoms with Crippen LogP contribution in [-0.4, -0.2) is 0 Å². The summed E-state index contributed by atoms with van der Waals surface area (Å²) in [6.07, 6.45) is 1.38. The minimum Gasteiger partial charge on any atom is -1.00 e. The molecule has 0 nitrogen and oxygen atoms in total. The second kappa shape index (κ2) is 9.02. The van der Waals surface area contributed by atoms with E-state index in [2.05, 4.69) is 6.92 Å². The van der Waals surface area contributed by atoms with Crippen molar-refractivity contribution in [1.29, 1.82) is 0 Å². The molecule has 0 atom stereocenters. The van der Waals surface area contributed by atoms with Gasteiger partial charge in [-0.25, -0.2) is 0 Å². The average Bonchev–Trinajstić information content (AvgIpc) is 1.37. The van der Waals surface area contributed by atoms with Crippen molar-refractivity contribution in [3.05, 3.63) is 0 Å². The van der Waals surface area contributed by atoms with Gasteiger partial charge in [-0.1, -0.05) is 0 Å². The van der Waals surface area contributed by atoms with Gasteiger partial charge in [-0.3, -0.25) is 0 Å². The largest absolute Gasteiger partial charge is 1.00 e. The van der Waals surface area contributed by atoms with Crippen molar-refractivity contribution in [1.82, 2.24) is 0 Å². The molecule has 0 bridgehead atoms. The summed E-state index contributed by atoms with van der Waals surface area (Å²) in [6.45, 7) is 2.21. The Morgan fingerprint density at radius 2 is 1.80 bits per heavy atom. The number of hydrogen-bond acceptors (Lipinski definition) is 0. The fourth-order valence-corrected chi connectivity index (χ4v) is 0. The predicted octanol–water partition coefficient (Wildman–Crippen LogP) is -1.63. The van der Waals surface area contributed by atoms with Gasteiger partial charge in [0.25, 0.3) is 0 Å². The molecule has 0 radical (unpaired) electrons. The summed E-state index contributed by atoms with van der Waals surface area (Å²) in [5.41, 5.74) is 0.